The average Bonchev–Trinajstić information content (AvgIpc) is 3.19. The minimum absolute atomic E-state index is 0.239. The van der Waals surface area contributed by atoms with Gasteiger partial charge in [0.2, 0.25) is 0 Å². The first-order valence-corrected chi connectivity index (χ1v) is 9.33. The van der Waals surface area contributed by atoms with E-state index in [1.165, 1.54) is 5.56 Å². The average molecular weight is 377 g/mol. The van der Waals surface area contributed by atoms with Crippen molar-refractivity contribution in [3.63, 3.8) is 0 Å². The van der Waals surface area contributed by atoms with Crippen LogP contribution in [0.1, 0.15) is 32.3 Å². The first-order valence-electron chi connectivity index (χ1n) is 9.33. The van der Waals surface area contributed by atoms with E-state index < -0.39 is 12.2 Å². The lowest BCUT2D eigenvalue weighted by atomic mass is 10.0. The summed E-state index contributed by atoms with van der Waals surface area (Å²) in [5.41, 5.74) is 1.87. The van der Waals surface area contributed by atoms with E-state index in [1.807, 2.05) is 31.2 Å². The van der Waals surface area contributed by atoms with Gasteiger partial charge >= 0.3 is 12.1 Å². The van der Waals surface area contributed by atoms with Gasteiger partial charge < -0.3 is 24.8 Å². The zero-order valence-corrected chi connectivity index (χ0v) is 15.9. The van der Waals surface area contributed by atoms with Crippen LogP contribution in [0.4, 0.5) is 15.3 Å². The number of hydrogen-bond acceptors (Lipinski definition) is 5. The number of fused-ring (bicyclic) bond motifs is 1. The molecule has 8 nitrogen and oxygen atoms in total. The summed E-state index contributed by atoms with van der Waals surface area (Å²) < 4.78 is 16.9. The fraction of sp³-hybridized carbons (Fsp3) is 0.579. The Bertz CT molecular complexity index is 664. The van der Waals surface area contributed by atoms with Crippen molar-refractivity contribution in [2.24, 2.45) is 0 Å². The van der Waals surface area contributed by atoms with Crippen LogP contribution in [0.5, 0.6) is 0 Å². The number of rotatable bonds is 5. The Morgan fingerprint density at radius 1 is 1.15 bits per heavy atom. The Morgan fingerprint density at radius 2 is 1.85 bits per heavy atom. The van der Waals surface area contributed by atoms with Crippen LogP contribution in [0.15, 0.2) is 24.3 Å². The molecule has 2 aliphatic heterocycles. The van der Waals surface area contributed by atoms with Crippen LogP contribution in [-0.2, 0) is 14.2 Å². The van der Waals surface area contributed by atoms with Gasteiger partial charge in [-0.25, -0.2) is 9.59 Å². The molecule has 0 saturated carbocycles. The number of amides is 3. The summed E-state index contributed by atoms with van der Waals surface area (Å²) >= 11 is 0. The summed E-state index contributed by atoms with van der Waals surface area (Å²) in [6.07, 6.45) is -1.77. The molecule has 0 unspecified atom stereocenters. The lowest BCUT2D eigenvalue weighted by molar-refractivity contribution is 0.00872. The topological polar surface area (TPSA) is 97.9 Å². The molecule has 2 fully saturated rings. The molecule has 148 valence electrons. The smallest absolute Gasteiger partial charge is 0.412 e. The molecule has 27 heavy (non-hydrogen) atoms. The van der Waals surface area contributed by atoms with Crippen molar-refractivity contribution in [2.45, 2.75) is 51.0 Å². The number of anilines is 1. The Kier molecular flexibility index (Phi) is 6.18. The third-order valence-electron chi connectivity index (χ3n) is 4.74. The number of carbonyl (C=O) groups is 2. The van der Waals surface area contributed by atoms with E-state index in [4.69, 9.17) is 14.2 Å². The van der Waals surface area contributed by atoms with Gasteiger partial charge in [0.25, 0.3) is 0 Å². The van der Waals surface area contributed by atoms with Gasteiger partial charge in [-0.15, -0.1) is 0 Å². The van der Waals surface area contributed by atoms with Gasteiger partial charge in [0.05, 0.1) is 19.3 Å². The van der Waals surface area contributed by atoms with Crippen LogP contribution in [-0.4, -0.2) is 56.2 Å². The van der Waals surface area contributed by atoms with Crippen LogP contribution >= 0.6 is 0 Å². The van der Waals surface area contributed by atoms with Gasteiger partial charge in [-0.2, -0.15) is 0 Å². The van der Waals surface area contributed by atoms with Gasteiger partial charge in [0, 0.05) is 12.2 Å². The maximum Gasteiger partial charge on any atom is 0.412 e. The second-order valence-electron chi connectivity index (χ2n) is 7.05. The van der Waals surface area contributed by atoms with Gasteiger partial charge in [-0.05, 0) is 30.5 Å². The quantitative estimate of drug-likeness (QED) is 0.731. The number of hydrogen-bond donors (Lipinski definition) is 3. The first kappa shape index (κ1) is 19.4. The van der Waals surface area contributed by atoms with Crippen LogP contribution in [0, 0.1) is 0 Å². The Hall–Kier alpha value is -2.32. The molecule has 2 aliphatic rings. The lowest BCUT2D eigenvalue weighted by Gasteiger charge is -2.18. The summed E-state index contributed by atoms with van der Waals surface area (Å²) in [4.78, 5) is 23.9. The molecule has 4 atom stereocenters. The minimum atomic E-state index is -0.551. The van der Waals surface area contributed by atoms with Gasteiger partial charge in [-0.1, -0.05) is 26.0 Å². The molecule has 0 aliphatic carbocycles. The first-order chi connectivity index (χ1) is 13.0. The number of benzene rings is 1. The van der Waals surface area contributed by atoms with Crippen molar-refractivity contribution in [2.75, 3.05) is 25.1 Å². The van der Waals surface area contributed by atoms with Crippen molar-refractivity contribution in [3.8, 4) is 0 Å². The highest BCUT2D eigenvalue weighted by Crippen LogP contribution is 2.29. The molecule has 0 bridgehead atoms. The normalized spacial score (nSPS) is 26.5. The third kappa shape index (κ3) is 4.70. The molecule has 0 radical (unpaired) electrons. The Balaban J connectivity index is 1.50. The number of carbonyl (C=O) groups excluding carboxylic acids is 2. The lowest BCUT2D eigenvalue weighted by Crippen LogP contribution is -2.48. The SMILES string of the molecule is CCNC(=O)N[C@H]1CO[C@H]2[C@@H]1OC[C@H]2OC(=O)Nc1ccc(C(C)C)cc1. The van der Waals surface area contributed by atoms with Crippen LogP contribution in [0.25, 0.3) is 0 Å². The highest BCUT2D eigenvalue weighted by Gasteiger charge is 2.50. The highest BCUT2D eigenvalue weighted by molar-refractivity contribution is 5.84. The van der Waals surface area contributed by atoms with Crippen molar-refractivity contribution >= 4 is 17.8 Å². The number of nitrogens with one attached hydrogen (secondary N) is 3. The molecule has 3 amide bonds. The Morgan fingerprint density at radius 3 is 2.52 bits per heavy atom. The van der Waals surface area contributed by atoms with Gasteiger partial charge in [-0.3, -0.25) is 5.32 Å². The van der Waals surface area contributed by atoms with Crippen LogP contribution < -0.4 is 16.0 Å². The van der Waals surface area contributed by atoms with Crippen molar-refractivity contribution in [3.05, 3.63) is 29.8 Å². The van der Waals surface area contributed by atoms with E-state index in [1.54, 1.807) is 0 Å². The molecule has 0 aromatic heterocycles. The van der Waals surface area contributed by atoms with Crippen molar-refractivity contribution in [1.29, 1.82) is 0 Å². The van der Waals surface area contributed by atoms with Crippen molar-refractivity contribution in [1.82, 2.24) is 10.6 Å². The molecule has 3 rings (SSSR count). The van der Waals surface area contributed by atoms with Crippen LogP contribution in [0.3, 0.4) is 0 Å². The predicted octanol–water partition coefficient (Wildman–Crippen LogP) is 2.21. The molecule has 0 spiro atoms. The molecular formula is C19H27N3O5. The molecule has 2 heterocycles. The van der Waals surface area contributed by atoms with E-state index in [2.05, 4.69) is 29.8 Å². The molecule has 3 N–H and O–H groups in total. The second-order valence-corrected chi connectivity index (χ2v) is 7.05. The van der Waals surface area contributed by atoms with E-state index in [-0.39, 0.29) is 30.9 Å². The summed E-state index contributed by atoms with van der Waals surface area (Å²) in [5.74, 6) is 0.430. The zero-order valence-electron chi connectivity index (χ0n) is 15.9. The molecule has 1 aromatic carbocycles. The highest BCUT2D eigenvalue weighted by atomic mass is 16.6. The maximum absolute atomic E-state index is 12.2. The van der Waals surface area contributed by atoms with E-state index in [0.29, 0.717) is 24.8 Å². The third-order valence-corrected chi connectivity index (χ3v) is 4.74. The zero-order chi connectivity index (χ0) is 19.4. The Labute approximate surface area is 158 Å². The predicted molar refractivity (Wildman–Crippen MR) is 99.9 cm³/mol. The van der Waals surface area contributed by atoms with E-state index in [0.717, 1.165) is 0 Å². The molecule has 2 saturated heterocycles. The van der Waals surface area contributed by atoms with Crippen LogP contribution in [0.2, 0.25) is 0 Å². The minimum Gasteiger partial charge on any atom is -0.441 e. The largest absolute Gasteiger partial charge is 0.441 e. The molecular weight excluding hydrogens is 350 g/mol. The summed E-state index contributed by atoms with van der Waals surface area (Å²) in [6, 6.07) is 7.13. The number of ether oxygens (including phenoxy) is 3. The van der Waals surface area contributed by atoms with E-state index >= 15 is 0 Å². The van der Waals surface area contributed by atoms with E-state index in [9.17, 15) is 9.59 Å². The summed E-state index contributed by atoms with van der Waals surface area (Å²) in [7, 11) is 0. The summed E-state index contributed by atoms with van der Waals surface area (Å²) in [6.45, 7) is 7.18. The van der Waals surface area contributed by atoms with Gasteiger partial charge in [0.1, 0.15) is 12.2 Å². The standard InChI is InChI=1S/C19H27N3O5/c1-4-20-18(23)22-14-9-25-17-15(10-26-16(14)17)27-19(24)21-13-7-5-12(6-8-13)11(2)3/h5-8,11,14-17H,4,9-10H2,1-3H3,(H,21,24)(H2,20,22,23)/t14-,15+,16+,17+/m0/s1. The molecule has 1 aromatic rings. The second kappa shape index (κ2) is 8.58. The monoisotopic (exact) mass is 377 g/mol. The number of urea groups is 1. The van der Waals surface area contributed by atoms with Gasteiger partial charge in [0.15, 0.2) is 6.10 Å². The molecule has 8 heteroatoms. The fourth-order valence-corrected chi connectivity index (χ4v) is 3.31. The summed E-state index contributed by atoms with van der Waals surface area (Å²) in [5, 5.41) is 8.22. The van der Waals surface area contributed by atoms with Crippen molar-refractivity contribution < 1.29 is 23.8 Å². The maximum atomic E-state index is 12.2. The fourth-order valence-electron chi connectivity index (χ4n) is 3.31.